The van der Waals surface area contributed by atoms with Crippen LogP contribution in [0.5, 0.6) is 0 Å². The standard InChI is InChI=1S/C14H23N/c1-5-15-10-12(3)9-14-7-6-11(2)8-13(14)4/h6-8,12,15H,5,9-10H2,1-4H3. The van der Waals surface area contributed by atoms with Gasteiger partial charge in [0.25, 0.3) is 0 Å². The molecule has 0 aliphatic heterocycles. The van der Waals surface area contributed by atoms with E-state index in [1.807, 2.05) is 0 Å². The Morgan fingerprint density at radius 1 is 1.27 bits per heavy atom. The molecule has 1 rings (SSSR count). The normalized spacial score (nSPS) is 12.8. The highest BCUT2D eigenvalue weighted by Crippen LogP contribution is 2.14. The van der Waals surface area contributed by atoms with E-state index in [9.17, 15) is 0 Å². The summed E-state index contributed by atoms with van der Waals surface area (Å²) in [5.41, 5.74) is 4.28. The first-order chi connectivity index (χ1) is 7.13. The molecule has 1 aromatic carbocycles. The van der Waals surface area contributed by atoms with Gasteiger partial charge in [0, 0.05) is 0 Å². The molecule has 1 atom stereocenters. The summed E-state index contributed by atoms with van der Waals surface area (Å²) >= 11 is 0. The number of hydrogen-bond acceptors (Lipinski definition) is 1. The van der Waals surface area contributed by atoms with Gasteiger partial charge in [-0.1, -0.05) is 37.6 Å². The highest BCUT2D eigenvalue weighted by Gasteiger charge is 2.05. The van der Waals surface area contributed by atoms with E-state index in [2.05, 4.69) is 51.2 Å². The Bertz CT molecular complexity index is 304. The van der Waals surface area contributed by atoms with E-state index in [0.29, 0.717) is 5.92 Å². The van der Waals surface area contributed by atoms with Gasteiger partial charge in [-0.3, -0.25) is 0 Å². The topological polar surface area (TPSA) is 12.0 Å². The number of hydrogen-bond donors (Lipinski definition) is 1. The summed E-state index contributed by atoms with van der Waals surface area (Å²) in [6, 6.07) is 6.75. The zero-order valence-corrected chi connectivity index (χ0v) is 10.4. The van der Waals surface area contributed by atoms with Gasteiger partial charge in [-0.2, -0.15) is 0 Å². The van der Waals surface area contributed by atoms with Crippen molar-refractivity contribution < 1.29 is 0 Å². The highest BCUT2D eigenvalue weighted by atomic mass is 14.8. The third-order valence-electron chi connectivity index (χ3n) is 2.81. The molecule has 0 heterocycles. The van der Waals surface area contributed by atoms with Crippen molar-refractivity contribution in [2.24, 2.45) is 5.92 Å². The molecule has 0 aliphatic carbocycles. The SMILES string of the molecule is CCNCC(C)Cc1ccc(C)cc1C. The van der Waals surface area contributed by atoms with Crippen molar-refractivity contribution in [2.75, 3.05) is 13.1 Å². The van der Waals surface area contributed by atoms with E-state index in [-0.39, 0.29) is 0 Å². The molecule has 1 N–H and O–H groups in total. The summed E-state index contributed by atoms with van der Waals surface area (Å²) in [6.07, 6.45) is 1.18. The van der Waals surface area contributed by atoms with Crippen LogP contribution in [-0.2, 0) is 6.42 Å². The van der Waals surface area contributed by atoms with Gasteiger partial charge in [0.1, 0.15) is 0 Å². The predicted octanol–water partition coefficient (Wildman–Crippen LogP) is 3.09. The Morgan fingerprint density at radius 3 is 2.60 bits per heavy atom. The minimum Gasteiger partial charge on any atom is -0.317 e. The van der Waals surface area contributed by atoms with Crippen LogP contribution in [-0.4, -0.2) is 13.1 Å². The Hall–Kier alpha value is -0.820. The molecule has 0 amide bonds. The lowest BCUT2D eigenvalue weighted by Gasteiger charge is -2.14. The molecule has 0 bridgehead atoms. The molecule has 0 aliphatic rings. The molecule has 0 saturated carbocycles. The van der Waals surface area contributed by atoms with Crippen LogP contribution >= 0.6 is 0 Å². The minimum absolute atomic E-state index is 0.714. The van der Waals surface area contributed by atoms with Crippen LogP contribution in [0, 0.1) is 19.8 Å². The summed E-state index contributed by atoms with van der Waals surface area (Å²) < 4.78 is 0. The van der Waals surface area contributed by atoms with Gasteiger partial charge in [-0.05, 0) is 50.4 Å². The van der Waals surface area contributed by atoms with E-state index in [4.69, 9.17) is 0 Å². The molecular formula is C14H23N. The van der Waals surface area contributed by atoms with E-state index in [0.717, 1.165) is 13.1 Å². The van der Waals surface area contributed by atoms with Crippen molar-refractivity contribution in [1.82, 2.24) is 5.32 Å². The Labute approximate surface area is 93.9 Å². The number of aryl methyl sites for hydroxylation is 2. The fraction of sp³-hybridized carbons (Fsp3) is 0.571. The second kappa shape index (κ2) is 5.92. The number of benzene rings is 1. The maximum atomic E-state index is 3.40. The second-order valence-electron chi connectivity index (χ2n) is 4.55. The Kier molecular flexibility index (Phi) is 4.83. The molecule has 0 saturated heterocycles. The summed E-state index contributed by atoms with van der Waals surface area (Å²) in [5, 5.41) is 3.40. The molecule has 84 valence electrons. The molecule has 1 heteroatoms. The third-order valence-corrected chi connectivity index (χ3v) is 2.81. The quantitative estimate of drug-likeness (QED) is 0.779. The summed E-state index contributed by atoms with van der Waals surface area (Å²) in [4.78, 5) is 0. The monoisotopic (exact) mass is 205 g/mol. The first kappa shape index (κ1) is 12.3. The lowest BCUT2D eigenvalue weighted by Crippen LogP contribution is -2.22. The lowest BCUT2D eigenvalue weighted by molar-refractivity contribution is 0.520. The van der Waals surface area contributed by atoms with Crippen LogP contribution in [0.4, 0.5) is 0 Å². The first-order valence-electron chi connectivity index (χ1n) is 5.90. The minimum atomic E-state index is 0.714. The first-order valence-corrected chi connectivity index (χ1v) is 5.90. The van der Waals surface area contributed by atoms with Crippen molar-refractivity contribution in [2.45, 2.75) is 34.1 Å². The summed E-state index contributed by atoms with van der Waals surface area (Å²) in [6.45, 7) is 11.0. The van der Waals surface area contributed by atoms with Crippen LogP contribution in [0.2, 0.25) is 0 Å². The zero-order chi connectivity index (χ0) is 11.3. The van der Waals surface area contributed by atoms with E-state index in [1.165, 1.54) is 23.1 Å². The lowest BCUT2D eigenvalue weighted by atomic mass is 9.96. The summed E-state index contributed by atoms with van der Waals surface area (Å²) in [5.74, 6) is 0.714. The van der Waals surface area contributed by atoms with Gasteiger partial charge < -0.3 is 5.32 Å². The van der Waals surface area contributed by atoms with Gasteiger partial charge in [-0.15, -0.1) is 0 Å². The molecule has 0 fully saturated rings. The van der Waals surface area contributed by atoms with Crippen LogP contribution in [0.25, 0.3) is 0 Å². The maximum Gasteiger partial charge on any atom is -0.00201 e. The van der Waals surface area contributed by atoms with Gasteiger partial charge in [-0.25, -0.2) is 0 Å². The zero-order valence-electron chi connectivity index (χ0n) is 10.4. The maximum absolute atomic E-state index is 3.40. The van der Waals surface area contributed by atoms with Gasteiger partial charge in [0.05, 0.1) is 0 Å². The Morgan fingerprint density at radius 2 is 2.00 bits per heavy atom. The molecule has 1 unspecified atom stereocenters. The molecule has 0 spiro atoms. The van der Waals surface area contributed by atoms with E-state index >= 15 is 0 Å². The van der Waals surface area contributed by atoms with Crippen molar-refractivity contribution in [1.29, 1.82) is 0 Å². The van der Waals surface area contributed by atoms with Crippen LogP contribution in [0.1, 0.15) is 30.5 Å². The molecule has 0 aromatic heterocycles. The number of nitrogens with one attached hydrogen (secondary N) is 1. The van der Waals surface area contributed by atoms with E-state index < -0.39 is 0 Å². The molecule has 15 heavy (non-hydrogen) atoms. The molecule has 1 aromatic rings. The van der Waals surface area contributed by atoms with Crippen LogP contribution in [0.3, 0.4) is 0 Å². The number of rotatable bonds is 5. The average Bonchev–Trinajstić information content (AvgIpc) is 2.19. The fourth-order valence-corrected chi connectivity index (χ4v) is 1.91. The van der Waals surface area contributed by atoms with Crippen molar-refractivity contribution >= 4 is 0 Å². The van der Waals surface area contributed by atoms with Gasteiger partial charge in [0.15, 0.2) is 0 Å². The summed E-state index contributed by atoms with van der Waals surface area (Å²) in [7, 11) is 0. The smallest absolute Gasteiger partial charge is 0.00201 e. The third kappa shape index (κ3) is 4.05. The molecule has 1 nitrogen and oxygen atoms in total. The molecular weight excluding hydrogens is 182 g/mol. The van der Waals surface area contributed by atoms with Gasteiger partial charge in [0.2, 0.25) is 0 Å². The van der Waals surface area contributed by atoms with Crippen LogP contribution < -0.4 is 5.32 Å². The van der Waals surface area contributed by atoms with Crippen molar-refractivity contribution in [3.8, 4) is 0 Å². The molecule has 0 radical (unpaired) electrons. The highest BCUT2D eigenvalue weighted by molar-refractivity contribution is 5.30. The van der Waals surface area contributed by atoms with Crippen molar-refractivity contribution in [3.63, 3.8) is 0 Å². The predicted molar refractivity (Wildman–Crippen MR) is 67.3 cm³/mol. The van der Waals surface area contributed by atoms with Crippen molar-refractivity contribution in [3.05, 3.63) is 34.9 Å². The van der Waals surface area contributed by atoms with Gasteiger partial charge >= 0.3 is 0 Å². The average molecular weight is 205 g/mol. The van der Waals surface area contributed by atoms with Crippen LogP contribution in [0.15, 0.2) is 18.2 Å². The fourth-order valence-electron chi connectivity index (χ4n) is 1.91. The largest absolute Gasteiger partial charge is 0.317 e. The van der Waals surface area contributed by atoms with E-state index in [1.54, 1.807) is 0 Å². The second-order valence-corrected chi connectivity index (χ2v) is 4.55. The Balaban J connectivity index is 2.56.